The largest absolute Gasteiger partial charge is 0.508 e. The standard InChI is InChI=1S/C44H28O2/c45-34-12-8-11-31(25-34)32-21-23-35-40-26-33(22-24-41(40)46-42(35)27-32)44-38-15-6-4-13-36(38)43(37-14-5-7-16-39(37)44)30-19-17-29(18-20-30)28-9-2-1-3-10-28/h1-27,45H/i8D,11D,12D,25D. The Balaban J connectivity index is 1.22. The third kappa shape index (κ3) is 4.27. The summed E-state index contributed by atoms with van der Waals surface area (Å²) in [5, 5.41) is 16.8. The number of furan rings is 1. The molecule has 46 heavy (non-hydrogen) atoms. The van der Waals surface area contributed by atoms with Crippen molar-refractivity contribution in [3.05, 3.63) is 164 Å². The van der Waals surface area contributed by atoms with Gasteiger partial charge in [0.25, 0.3) is 0 Å². The van der Waals surface area contributed by atoms with Crippen LogP contribution in [0.1, 0.15) is 5.48 Å². The number of fused-ring (bicyclic) bond motifs is 5. The van der Waals surface area contributed by atoms with Crippen molar-refractivity contribution in [1.29, 1.82) is 0 Å². The van der Waals surface area contributed by atoms with Gasteiger partial charge in [-0.2, -0.15) is 0 Å². The SMILES string of the molecule is [2H]c1c([2H])c(O)c([2H])c(-c2ccc3c(c2)oc2ccc(-c4c5ccccc5c(-c5ccc(-c6ccccc6)cc5)c5ccccc45)cc23)c1[2H]. The Kier molecular flexibility index (Phi) is 5.11. The van der Waals surface area contributed by atoms with Crippen LogP contribution in [0.5, 0.6) is 5.75 Å². The average molecular weight is 593 g/mol. The molecule has 0 amide bonds. The van der Waals surface area contributed by atoms with E-state index < -0.39 is 17.8 Å². The molecule has 0 aliphatic carbocycles. The molecule has 0 radical (unpaired) electrons. The van der Waals surface area contributed by atoms with E-state index in [1.165, 1.54) is 27.5 Å². The predicted octanol–water partition coefficient (Wildman–Crippen LogP) is 12.3. The fourth-order valence-corrected chi connectivity index (χ4v) is 6.78. The highest BCUT2D eigenvalue weighted by Gasteiger charge is 2.18. The molecule has 9 aromatic rings. The first kappa shape index (κ1) is 22.4. The molecule has 1 aromatic heterocycles. The Labute approximate surface area is 272 Å². The molecule has 0 saturated heterocycles. The Morgan fingerprint density at radius 3 is 1.67 bits per heavy atom. The summed E-state index contributed by atoms with van der Waals surface area (Å²) in [6.45, 7) is 0. The van der Waals surface area contributed by atoms with Crippen LogP contribution in [0.15, 0.2) is 168 Å². The molecule has 216 valence electrons. The summed E-state index contributed by atoms with van der Waals surface area (Å²) in [5.41, 5.74) is 8.76. The number of hydrogen-bond acceptors (Lipinski definition) is 2. The molecule has 0 bridgehead atoms. The van der Waals surface area contributed by atoms with Gasteiger partial charge in [0.05, 0.1) is 5.48 Å². The minimum Gasteiger partial charge on any atom is -0.508 e. The Hall–Kier alpha value is -6.12. The highest BCUT2D eigenvalue weighted by atomic mass is 16.3. The zero-order chi connectivity index (χ0) is 34.1. The van der Waals surface area contributed by atoms with E-state index in [9.17, 15) is 5.11 Å². The van der Waals surface area contributed by atoms with E-state index in [0.717, 1.165) is 38.2 Å². The van der Waals surface area contributed by atoms with Crippen LogP contribution in [0.4, 0.5) is 0 Å². The fraction of sp³-hybridized carbons (Fsp3) is 0. The summed E-state index contributed by atoms with van der Waals surface area (Å²) in [7, 11) is 0. The first-order chi connectivity index (χ1) is 24.4. The van der Waals surface area contributed by atoms with Gasteiger partial charge in [0.15, 0.2) is 0 Å². The van der Waals surface area contributed by atoms with E-state index in [1.54, 1.807) is 12.1 Å². The maximum Gasteiger partial charge on any atom is 0.136 e. The molecule has 0 saturated carbocycles. The van der Waals surface area contributed by atoms with Crippen LogP contribution < -0.4 is 0 Å². The van der Waals surface area contributed by atoms with Gasteiger partial charge in [-0.3, -0.25) is 0 Å². The van der Waals surface area contributed by atoms with E-state index in [1.807, 2.05) is 18.2 Å². The number of benzene rings is 8. The predicted molar refractivity (Wildman–Crippen MR) is 192 cm³/mol. The number of rotatable bonds is 4. The van der Waals surface area contributed by atoms with Crippen molar-refractivity contribution in [2.45, 2.75) is 0 Å². The van der Waals surface area contributed by atoms with Gasteiger partial charge in [-0.25, -0.2) is 0 Å². The number of phenolic OH excluding ortho intramolecular Hbond substituents is 1. The lowest BCUT2D eigenvalue weighted by Gasteiger charge is -2.18. The summed E-state index contributed by atoms with van der Waals surface area (Å²) in [6, 6.07) is 46.5. The molecule has 9 rings (SSSR count). The van der Waals surface area contributed by atoms with E-state index >= 15 is 0 Å². The molecular formula is C44H28O2. The molecule has 0 atom stereocenters. The number of phenols is 1. The molecule has 0 unspecified atom stereocenters. The minimum absolute atomic E-state index is 0.0966. The zero-order valence-corrected chi connectivity index (χ0v) is 24.6. The lowest BCUT2D eigenvalue weighted by atomic mass is 9.85. The Bertz CT molecular complexity index is 2720. The summed E-state index contributed by atoms with van der Waals surface area (Å²) in [4.78, 5) is 0. The van der Waals surface area contributed by atoms with E-state index in [0.29, 0.717) is 16.7 Å². The second-order valence-electron chi connectivity index (χ2n) is 11.5. The highest BCUT2D eigenvalue weighted by Crippen LogP contribution is 2.45. The Morgan fingerprint density at radius 1 is 0.413 bits per heavy atom. The molecule has 0 spiro atoms. The monoisotopic (exact) mass is 592 g/mol. The summed E-state index contributed by atoms with van der Waals surface area (Å²) in [6.07, 6.45) is 0. The van der Waals surface area contributed by atoms with Gasteiger partial charge in [0.2, 0.25) is 0 Å². The van der Waals surface area contributed by atoms with Gasteiger partial charge in [-0.15, -0.1) is 0 Å². The number of hydrogen-bond donors (Lipinski definition) is 1. The summed E-state index contributed by atoms with van der Waals surface area (Å²) in [5.74, 6) is -0.606. The molecule has 2 heteroatoms. The van der Waals surface area contributed by atoms with Gasteiger partial charge in [0, 0.05) is 10.8 Å². The maximum absolute atomic E-state index is 10.3. The van der Waals surface area contributed by atoms with Crippen molar-refractivity contribution < 1.29 is 15.0 Å². The van der Waals surface area contributed by atoms with Gasteiger partial charge < -0.3 is 9.52 Å². The van der Waals surface area contributed by atoms with Crippen LogP contribution in [-0.4, -0.2) is 5.11 Å². The first-order valence-electron chi connectivity index (χ1n) is 17.2. The lowest BCUT2D eigenvalue weighted by molar-refractivity contribution is 0.475. The normalized spacial score (nSPS) is 12.8. The van der Waals surface area contributed by atoms with Crippen molar-refractivity contribution in [2.75, 3.05) is 0 Å². The summed E-state index contributed by atoms with van der Waals surface area (Å²) >= 11 is 0. The lowest BCUT2D eigenvalue weighted by Crippen LogP contribution is -1.91. The topological polar surface area (TPSA) is 33.4 Å². The molecular weight excluding hydrogens is 560 g/mol. The zero-order valence-electron chi connectivity index (χ0n) is 28.6. The molecule has 1 heterocycles. The average Bonchev–Trinajstić information content (AvgIpc) is 3.53. The van der Waals surface area contributed by atoms with Crippen molar-refractivity contribution in [3.63, 3.8) is 0 Å². The maximum atomic E-state index is 10.3. The van der Waals surface area contributed by atoms with Crippen LogP contribution in [-0.2, 0) is 0 Å². The van der Waals surface area contributed by atoms with Gasteiger partial charge in [0.1, 0.15) is 16.9 Å². The molecule has 1 N–H and O–H groups in total. The van der Waals surface area contributed by atoms with Crippen molar-refractivity contribution in [2.24, 2.45) is 0 Å². The second-order valence-corrected chi connectivity index (χ2v) is 11.5. The van der Waals surface area contributed by atoms with Crippen molar-refractivity contribution in [3.8, 4) is 50.3 Å². The molecule has 0 aliphatic heterocycles. The Morgan fingerprint density at radius 2 is 0.978 bits per heavy atom. The number of aromatic hydroxyl groups is 1. The van der Waals surface area contributed by atoms with Gasteiger partial charge >= 0.3 is 0 Å². The van der Waals surface area contributed by atoms with Crippen LogP contribution in [0, 0.1) is 0 Å². The van der Waals surface area contributed by atoms with Crippen molar-refractivity contribution in [1.82, 2.24) is 0 Å². The van der Waals surface area contributed by atoms with E-state index in [-0.39, 0.29) is 17.6 Å². The minimum atomic E-state index is -0.606. The van der Waals surface area contributed by atoms with E-state index in [2.05, 4.69) is 109 Å². The van der Waals surface area contributed by atoms with Crippen LogP contribution in [0.25, 0.3) is 88.0 Å². The molecule has 0 fully saturated rings. The van der Waals surface area contributed by atoms with Gasteiger partial charge in [-0.05, 0) is 102 Å². The third-order valence-electron chi connectivity index (χ3n) is 8.87. The van der Waals surface area contributed by atoms with Gasteiger partial charge in [-0.1, -0.05) is 127 Å². The molecule has 2 nitrogen and oxygen atoms in total. The molecule has 8 aromatic carbocycles. The van der Waals surface area contributed by atoms with E-state index in [4.69, 9.17) is 9.90 Å². The van der Waals surface area contributed by atoms with Crippen LogP contribution >= 0.6 is 0 Å². The quantitative estimate of drug-likeness (QED) is 0.206. The molecule has 0 aliphatic rings. The van der Waals surface area contributed by atoms with Crippen LogP contribution in [0.3, 0.4) is 0 Å². The second kappa shape index (κ2) is 10.5. The van der Waals surface area contributed by atoms with Crippen molar-refractivity contribution >= 4 is 43.5 Å². The first-order valence-corrected chi connectivity index (χ1v) is 15.2. The fourth-order valence-electron chi connectivity index (χ4n) is 6.78. The third-order valence-corrected chi connectivity index (χ3v) is 8.87. The van der Waals surface area contributed by atoms with Crippen LogP contribution in [0.2, 0.25) is 0 Å². The summed E-state index contributed by atoms with van der Waals surface area (Å²) < 4.78 is 39.1. The smallest absolute Gasteiger partial charge is 0.136 e. The highest BCUT2D eigenvalue weighted by molar-refractivity contribution is 6.22.